The van der Waals surface area contributed by atoms with Gasteiger partial charge < -0.3 is 5.32 Å². The van der Waals surface area contributed by atoms with Crippen LogP contribution in [0, 0.1) is 10.1 Å². The number of nitrogens with one attached hydrogen (secondary N) is 2. The summed E-state index contributed by atoms with van der Waals surface area (Å²) in [5, 5.41) is 23.6. The van der Waals surface area contributed by atoms with E-state index in [1.165, 1.54) is 12.3 Å². The smallest absolute Gasteiger partial charge is 0.288 e. The minimum Gasteiger partial charge on any atom is -0.321 e. The molecule has 0 unspecified atom stereocenters. The standard InChI is InChI=1S/C14H10N6O3/c21-13(9-4-2-1-3-5-9)11-6-10(20(22)23)7-15-14(11)17-12-8-16-19-18-12/h1-8H,(H2,15,16,17,18,19). The summed E-state index contributed by atoms with van der Waals surface area (Å²) >= 11 is 0. The summed E-state index contributed by atoms with van der Waals surface area (Å²) in [5.74, 6) is 0.125. The zero-order chi connectivity index (χ0) is 16.2. The molecule has 3 aromatic rings. The summed E-state index contributed by atoms with van der Waals surface area (Å²) in [6.07, 6.45) is 2.48. The first-order valence-electron chi connectivity index (χ1n) is 6.52. The number of nitro groups is 1. The van der Waals surface area contributed by atoms with Crippen LogP contribution in [0.1, 0.15) is 15.9 Å². The van der Waals surface area contributed by atoms with Crippen LogP contribution >= 0.6 is 0 Å². The first-order valence-corrected chi connectivity index (χ1v) is 6.52. The number of ketones is 1. The third kappa shape index (κ3) is 3.02. The monoisotopic (exact) mass is 310 g/mol. The van der Waals surface area contributed by atoms with Crippen molar-refractivity contribution in [1.82, 2.24) is 20.4 Å². The number of pyridine rings is 1. The third-order valence-electron chi connectivity index (χ3n) is 3.03. The van der Waals surface area contributed by atoms with Crippen molar-refractivity contribution >= 4 is 23.1 Å². The lowest BCUT2D eigenvalue weighted by Crippen LogP contribution is -2.08. The second-order valence-corrected chi connectivity index (χ2v) is 4.52. The van der Waals surface area contributed by atoms with Gasteiger partial charge in [-0.25, -0.2) is 4.98 Å². The lowest BCUT2D eigenvalue weighted by atomic mass is 10.0. The van der Waals surface area contributed by atoms with Gasteiger partial charge in [0, 0.05) is 11.6 Å². The predicted molar refractivity (Wildman–Crippen MR) is 80.4 cm³/mol. The Balaban J connectivity index is 2.05. The van der Waals surface area contributed by atoms with Crippen LogP contribution in [0.25, 0.3) is 0 Å². The third-order valence-corrected chi connectivity index (χ3v) is 3.03. The highest BCUT2D eigenvalue weighted by atomic mass is 16.6. The van der Waals surface area contributed by atoms with Gasteiger partial charge in [0.15, 0.2) is 11.6 Å². The molecular weight excluding hydrogens is 300 g/mol. The van der Waals surface area contributed by atoms with Crippen molar-refractivity contribution in [3.63, 3.8) is 0 Å². The van der Waals surface area contributed by atoms with Crippen LogP contribution in [0.2, 0.25) is 0 Å². The van der Waals surface area contributed by atoms with E-state index in [4.69, 9.17) is 0 Å². The molecule has 0 saturated heterocycles. The van der Waals surface area contributed by atoms with Crippen LogP contribution in [0.15, 0.2) is 48.8 Å². The van der Waals surface area contributed by atoms with E-state index >= 15 is 0 Å². The zero-order valence-corrected chi connectivity index (χ0v) is 11.6. The SMILES string of the molecule is O=C(c1ccccc1)c1cc([N+](=O)[O-])cnc1Nc1cn[nH]n1. The molecule has 0 saturated carbocycles. The maximum absolute atomic E-state index is 12.6. The van der Waals surface area contributed by atoms with E-state index in [0.717, 1.165) is 6.20 Å². The number of benzene rings is 1. The van der Waals surface area contributed by atoms with Gasteiger partial charge in [0.1, 0.15) is 12.0 Å². The second-order valence-electron chi connectivity index (χ2n) is 4.52. The number of rotatable bonds is 5. The number of carbonyl (C=O) groups is 1. The maximum Gasteiger partial charge on any atom is 0.288 e. The number of H-pyrrole nitrogens is 1. The van der Waals surface area contributed by atoms with Crippen LogP contribution in [-0.2, 0) is 0 Å². The summed E-state index contributed by atoms with van der Waals surface area (Å²) in [5.41, 5.74) is 0.210. The Hall–Kier alpha value is -3.62. The molecule has 0 spiro atoms. The molecular formula is C14H10N6O3. The molecule has 3 rings (SSSR count). The van der Waals surface area contributed by atoms with Gasteiger partial charge in [-0.2, -0.15) is 10.3 Å². The Morgan fingerprint density at radius 2 is 2.00 bits per heavy atom. The first kappa shape index (κ1) is 14.3. The van der Waals surface area contributed by atoms with Crippen molar-refractivity contribution in [2.24, 2.45) is 0 Å². The van der Waals surface area contributed by atoms with Gasteiger partial charge in [-0.1, -0.05) is 30.3 Å². The molecule has 0 aliphatic rings. The van der Waals surface area contributed by atoms with E-state index in [9.17, 15) is 14.9 Å². The van der Waals surface area contributed by atoms with Gasteiger partial charge in [-0.15, -0.1) is 5.10 Å². The molecule has 23 heavy (non-hydrogen) atoms. The molecule has 0 bridgehead atoms. The molecule has 9 heteroatoms. The molecule has 0 fully saturated rings. The first-order chi connectivity index (χ1) is 11.1. The van der Waals surface area contributed by atoms with Gasteiger partial charge in [-0.3, -0.25) is 14.9 Å². The van der Waals surface area contributed by atoms with Crippen LogP contribution in [0.4, 0.5) is 17.3 Å². The number of nitrogens with zero attached hydrogens (tertiary/aromatic N) is 4. The minimum atomic E-state index is -0.603. The Morgan fingerprint density at radius 1 is 1.22 bits per heavy atom. The summed E-state index contributed by atoms with van der Waals surface area (Å²) in [7, 11) is 0. The molecule has 0 amide bonds. The van der Waals surface area contributed by atoms with E-state index in [-0.39, 0.29) is 22.9 Å². The van der Waals surface area contributed by atoms with Gasteiger partial charge in [0.05, 0.1) is 16.7 Å². The van der Waals surface area contributed by atoms with Crippen molar-refractivity contribution in [1.29, 1.82) is 0 Å². The Kier molecular flexibility index (Phi) is 3.75. The second kappa shape index (κ2) is 6.02. The fourth-order valence-electron chi connectivity index (χ4n) is 1.95. The van der Waals surface area contributed by atoms with E-state index in [1.54, 1.807) is 30.3 Å². The van der Waals surface area contributed by atoms with Crippen molar-refractivity contribution in [2.75, 3.05) is 5.32 Å². The minimum absolute atomic E-state index is 0.0772. The van der Waals surface area contributed by atoms with Crippen LogP contribution < -0.4 is 5.32 Å². The summed E-state index contributed by atoms with van der Waals surface area (Å²) in [4.78, 5) is 26.9. The lowest BCUT2D eigenvalue weighted by molar-refractivity contribution is -0.385. The van der Waals surface area contributed by atoms with E-state index in [0.29, 0.717) is 11.4 Å². The molecule has 1 aromatic carbocycles. The number of hydrogen-bond acceptors (Lipinski definition) is 7. The number of aromatic nitrogens is 4. The topological polar surface area (TPSA) is 127 Å². The van der Waals surface area contributed by atoms with E-state index < -0.39 is 4.92 Å². The van der Waals surface area contributed by atoms with Crippen LogP contribution in [0.5, 0.6) is 0 Å². The molecule has 0 atom stereocenters. The van der Waals surface area contributed by atoms with Crippen molar-refractivity contribution in [3.05, 3.63) is 70.0 Å². The van der Waals surface area contributed by atoms with E-state index in [2.05, 4.69) is 25.7 Å². The number of anilines is 2. The van der Waals surface area contributed by atoms with Gasteiger partial charge in [-0.05, 0) is 0 Å². The molecule has 114 valence electrons. The highest BCUT2D eigenvalue weighted by Gasteiger charge is 2.20. The normalized spacial score (nSPS) is 10.3. The van der Waals surface area contributed by atoms with Crippen molar-refractivity contribution in [2.45, 2.75) is 0 Å². The highest BCUT2D eigenvalue weighted by molar-refractivity contribution is 6.12. The molecule has 0 radical (unpaired) electrons. The fraction of sp³-hybridized carbons (Fsp3) is 0. The Morgan fingerprint density at radius 3 is 2.65 bits per heavy atom. The highest BCUT2D eigenvalue weighted by Crippen LogP contribution is 2.24. The molecule has 2 N–H and O–H groups in total. The number of hydrogen-bond donors (Lipinski definition) is 2. The fourth-order valence-corrected chi connectivity index (χ4v) is 1.95. The van der Waals surface area contributed by atoms with E-state index in [1.807, 2.05) is 0 Å². The molecule has 2 aromatic heterocycles. The average molecular weight is 310 g/mol. The number of aromatic amines is 1. The quantitative estimate of drug-likeness (QED) is 0.419. The Bertz CT molecular complexity index is 848. The van der Waals surface area contributed by atoms with Crippen LogP contribution in [0.3, 0.4) is 0 Å². The van der Waals surface area contributed by atoms with Gasteiger partial charge in [0.2, 0.25) is 0 Å². The van der Waals surface area contributed by atoms with Gasteiger partial charge in [0.25, 0.3) is 5.69 Å². The largest absolute Gasteiger partial charge is 0.321 e. The molecule has 9 nitrogen and oxygen atoms in total. The molecule has 0 aliphatic carbocycles. The van der Waals surface area contributed by atoms with Crippen molar-refractivity contribution < 1.29 is 9.72 Å². The zero-order valence-electron chi connectivity index (χ0n) is 11.6. The lowest BCUT2D eigenvalue weighted by Gasteiger charge is -2.08. The average Bonchev–Trinajstić information content (AvgIpc) is 3.08. The number of carbonyl (C=O) groups excluding carboxylic acids is 1. The summed E-state index contributed by atoms with van der Waals surface area (Å²) in [6, 6.07) is 9.63. The van der Waals surface area contributed by atoms with Crippen molar-refractivity contribution in [3.8, 4) is 0 Å². The summed E-state index contributed by atoms with van der Waals surface area (Å²) in [6.45, 7) is 0. The maximum atomic E-state index is 12.6. The molecule has 0 aliphatic heterocycles. The predicted octanol–water partition coefficient (Wildman–Crippen LogP) is 2.08. The van der Waals surface area contributed by atoms with Gasteiger partial charge >= 0.3 is 0 Å². The summed E-state index contributed by atoms with van der Waals surface area (Å²) < 4.78 is 0. The Labute approximate surface area is 129 Å². The van der Waals surface area contributed by atoms with Crippen LogP contribution in [-0.4, -0.2) is 31.1 Å². The molecule has 2 heterocycles.